The van der Waals surface area contributed by atoms with Gasteiger partial charge >= 0.3 is 5.97 Å². The van der Waals surface area contributed by atoms with Crippen molar-refractivity contribution in [2.24, 2.45) is 0 Å². The van der Waals surface area contributed by atoms with E-state index in [2.05, 4.69) is 25.6 Å². The van der Waals surface area contributed by atoms with E-state index in [9.17, 15) is 15.0 Å². The number of hydrogen-bond acceptors (Lipinski definition) is 6. The van der Waals surface area contributed by atoms with Crippen LogP contribution in [-0.4, -0.2) is 46.4 Å². The molecule has 0 aliphatic carbocycles. The van der Waals surface area contributed by atoms with Gasteiger partial charge in [0, 0.05) is 12.0 Å². The average molecular weight is 447 g/mol. The number of carbonyl (C=O) groups is 1. The zero-order valence-electron chi connectivity index (χ0n) is 18.7. The van der Waals surface area contributed by atoms with Crippen LogP contribution in [0.1, 0.15) is 66.4 Å². The molecule has 0 amide bonds. The minimum Gasteiger partial charge on any atom is -0.477 e. The van der Waals surface area contributed by atoms with Gasteiger partial charge in [-0.15, -0.1) is 10.2 Å². The highest BCUT2D eigenvalue weighted by Gasteiger charge is 2.35. The fourth-order valence-electron chi connectivity index (χ4n) is 4.11. The molecule has 0 aliphatic heterocycles. The van der Waals surface area contributed by atoms with Crippen molar-refractivity contribution < 1.29 is 15.0 Å². The molecule has 0 spiro atoms. The molecule has 4 aromatic rings. The lowest BCUT2D eigenvalue weighted by atomic mass is 9.92. The molecule has 4 rings (SSSR count). The van der Waals surface area contributed by atoms with Gasteiger partial charge in [0.05, 0.1) is 6.04 Å². The molecule has 0 saturated carbocycles. The third-order valence-electron chi connectivity index (χ3n) is 5.45. The highest BCUT2D eigenvalue weighted by atomic mass is 16.4. The predicted octanol–water partition coefficient (Wildman–Crippen LogP) is 3.58. The van der Waals surface area contributed by atoms with E-state index in [4.69, 9.17) is 0 Å². The molecule has 0 saturated heterocycles. The number of aryl methyl sites for hydroxylation is 1. The summed E-state index contributed by atoms with van der Waals surface area (Å²) in [5.41, 5.74) is 1.05. The maximum Gasteiger partial charge on any atom is 0.354 e. The van der Waals surface area contributed by atoms with Gasteiger partial charge in [-0.25, -0.2) is 9.78 Å². The molecule has 1 unspecified atom stereocenters. The Labute approximate surface area is 191 Å². The summed E-state index contributed by atoms with van der Waals surface area (Å²) in [6.45, 7) is 5.10. The van der Waals surface area contributed by atoms with E-state index >= 15 is 0 Å². The minimum absolute atomic E-state index is 0.0391. The average Bonchev–Trinajstić information content (AvgIpc) is 3.44. The summed E-state index contributed by atoms with van der Waals surface area (Å²) >= 11 is 0. The van der Waals surface area contributed by atoms with Crippen LogP contribution >= 0.6 is 0 Å². The second kappa shape index (κ2) is 8.95. The van der Waals surface area contributed by atoms with Gasteiger partial charge < -0.3 is 14.8 Å². The second-order valence-corrected chi connectivity index (χ2v) is 8.35. The smallest absolute Gasteiger partial charge is 0.354 e. The van der Waals surface area contributed by atoms with Crippen molar-refractivity contribution in [1.29, 1.82) is 0 Å². The van der Waals surface area contributed by atoms with Crippen molar-refractivity contribution in [1.82, 2.24) is 30.2 Å². The van der Waals surface area contributed by atoms with Gasteiger partial charge in [-0.3, -0.25) is 0 Å². The Hall–Kier alpha value is -3.85. The Morgan fingerprint density at radius 2 is 1.82 bits per heavy atom. The topological polar surface area (TPSA) is 130 Å². The number of carboxylic acids is 1. The first-order chi connectivity index (χ1) is 15.8. The highest BCUT2D eigenvalue weighted by Crippen LogP contribution is 2.37. The molecule has 0 aliphatic rings. The van der Waals surface area contributed by atoms with Crippen molar-refractivity contribution >= 4 is 5.97 Å². The number of aromatic carboxylic acids is 1. The van der Waals surface area contributed by atoms with Crippen LogP contribution in [0.5, 0.6) is 0 Å². The van der Waals surface area contributed by atoms with Crippen molar-refractivity contribution in [2.45, 2.75) is 45.3 Å². The number of aromatic amines is 1. The van der Waals surface area contributed by atoms with Gasteiger partial charge in [0.15, 0.2) is 5.69 Å². The number of H-pyrrole nitrogens is 1. The summed E-state index contributed by atoms with van der Waals surface area (Å²) in [7, 11) is 0. The number of aliphatic hydroxyl groups is 1. The van der Waals surface area contributed by atoms with Gasteiger partial charge in [0.2, 0.25) is 5.82 Å². The van der Waals surface area contributed by atoms with Gasteiger partial charge in [-0.1, -0.05) is 61.5 Å². The monoisotopic (exact) mass is 446 g/mol. The second-order valence-electron chi connectivity index (χ2n) is 8.35. The Morgan fingerprint density at radius 3 is 2.42 bits per heavy atom. The molecular formula is C24H26N6O3. The number of nitrogens with zero attached hydrogens (tertiary/aromatic N) is 5. The van der Waals surface area contributed by atoms with E-state index in [-0.39, 0.29) is 11.4 Å². The van der Waals surface area contributed by atoms with E-state index in [1.54, 1.807) is 18.4 Å². The lowest BCUT2D eigenvalue weighted by Gasteiger charge is -2.26. The molecule has 2 heterocycles. The molecule has 1 atom stereocenters. The van der Waals surface area contributed by atoms with Gasteiger partial charge in [-0.05, 0) is 36.6 Å². The lowest BCUT2D eigenvalue weighted by Crippen LogP contribution is -2.24. The maximum absolute atomic E-state index is 12.6. The van der Waals surface area contributed by atoms with E-state index < -0.39 is 17.6 Å². The van der Waals surface area contributed by atoms with Crippen molar-refractivity contribution in [3.63, 3.8) is 0 Å². The summed E-state index contributed by atoms with van der Waals surface area (Å²) < 4.78 is 1.73. The number of nitrogens with one attached hydrogen (secondary N) is 1. The molecule has 3 N–H and O–H groups in total. The van der Waals surface area contributed by atoms with Gasteiger partial charge in [-0.2, -0.15) is 5.21 Å². The molecular weight excluding hydrogens is 420 g/mol. The Kier molecular flexibility index (Phi) is 6.06. The normalized spacial score (nSPS) is 12.6. The van der Waals surface area contributed by atoms with E-state index in [1.807, 2.05) is 61.5 Å². The van der Waals surface area contributed by atoms with E-state index in [0.717, 1.165) is 23.1 Å². The number of benzene rings is 2. The number of hydrogen-bond donors (Lipinski definition) is 3. The molecule has 170 valence electrons. The number of imidazole rings is 1. The molecule has 9 nitrogen and oxygen atoms in total. The first-order valence-corrected chi connectivity index (χ1v) is 10.8. The Balaban J connectivity index is 2.09. The van der Waals surface area contributed by atoms with Crippen LogP contribution in [0.15, 0.2) is 54.6 Å². The molecule has 2 aromatic heterocycles. The first kappa shape index (κ1) is 22.3. The molecule has 2 aromatic carbocycles. The fourth-order valence-corrected chi connectivity index (χ4v) is 4.11. The zero-order chi connectivity index (χ0) is 23.6. The quantitative estimate of drug-likeness (QED) is 0.377. The standard InChI is InChI=1S/C24H26N6O3/c1-4-10-18-25-21(24(2,3)33)20(23(31)32)30(18)19(15-11-6-5-7-12-15)16-13-8-9-14-17(16)22-26-28-29-27-22/h5-9,11-14,19,33H,4,10H2,1-3H3,(H,31,32)(H,26,27,28,29). The van der Waals surface area contributed by atoms with Crippen LogP contribution in [0.3, 0.4) is 0 Å². The summed E-state index contributed by atoms with van der Waals surface area (Å²) in [6.07, 6.45) is 1.30. The summed E-state index contributed by atoms with van der Waals surface area (Å²) in [4.78, 5) is 17.2. The SMILES string of the molecule is CCCc1nc(C(C)(C)O)c(C(=O)O)n1C(c1ccccc1)c1ccccc1-c1nn[nH]n1. The predicted molar refractivity (Wildman–Crippen MR) is 122 cm³/mol. The largest absolute Gasteiger partial charge is 0.477 e. The Morgan fingerprint density at radius 1 is 1.12 bits per heavy atom. The van der Waals surface area contributed by atoms with Gasteiger partial charge in [0.1, 0.15) is 17.1 Å². The van der Waals surface area contributed by atoms with E-state index in [1.165, 1.54) is 0 Å². The van der Waals surface area contributed by atoms with Crippen molar-refractivity contribution in [3.8, 4) is 11.4 Å². The van der Waals surface area contributed by atoms with Crippen LogP contribution in [0, 0.1) is 0 Å². The maximum atomic E-state index is 12.6. The minimum atomic E-state index is -1.43. The third kappa shape index (κ3) is 4.27. The first-order valence-electron chi connectivity index (χ1n) is 10.8. The van der Waals surface area contributed by atoms with E-state index in [0.29, 0.717) is 18.1 Å². The molecule has 9 heteroatoms. The number of tetrazole rings is 1. The summed E-state index contributed by atoms with van der Waals surface area (Å²) in [5.74, 6) is -0.160. The highest BCUT2D eigenvalue weighted by molar-refractivity contribution is 5.88. The molecule has 33 heavy (non-hydrogen) atoms. The van der Waals surface area contributed by atoms with Gasteiger partial charge in [0.25, 0.3) is 0 Å². The van der Waals surface area contributed by atoms with Crippen molar-refractivity contribution in [2.75, 3.05) is 0 Å². The zero-order valence-corrected chi connectivity index (χ0v) is 18.7. The van der Waals surface area contributed by atoms with Crippen molar-refractivity contribution in [3.05, 3.63) is 82.9 Å². The Bertz CT molecular complexity index is 1240. The number of carboxylic acid groups (broad SMARTS) is 1. The summed E-state index contributed by atoms with van der Waals surface area (Å²) in [5, 5.41) is 35.5. The fraction of sp³-hybridized carbons (Fsp3) is 0.292. The molecule has 0 bridgehead atoms. The summed E-state index contributed by atoms with van der Waals surface area (Å²) in [6, 6.07) is 16.6. The molecule has 0 fully saturated rings. The van der Waals surface area contributed by atoms with Crippen LogP contribution in [0.4, 0.5) is 0 Å². The van der Waals surface area contributed by atoms with Crippen LogP contribution in [0.25, 0.3) is 11.4 Å². The lowest BCUT2D eigenvalue weighted by molar-refractivity contribution is 0.0601. The number of aromatic nitrogens is 6. The third-order valence-corrected chi connectivity index (χ3v) is 5.45. The van der Waals surface area contributed by atoms with Crippen LogP contribution in [-0.2, 0) is 12.0 Å². The van der Waals surface area contributed by atoms with Crippen LogP contribution < -0.4 is 0 Å². The molecule has 0 radical (unpaired) electrons. The number of rotatable bonds is 8. The van der Waals surface area contributed by atoms with Crippen LogP contribution in [0.2, 0.25) is 0 Å².